The molecular weight excluding hydrogens is 332 g/mol. The van der Waals surface area contributed by atoms with Crippen molar-refractivity contribution in [1.29, 1.82) is 0 Å². The van der Waals surface area contributed by atoms with Crippen LogP contribution in [0.4, 0.5) is 0 Å². The molecule has 0 aliphatic carbocycles. The van der Waals surface area contributed by atoms with Gasteiger partial charge in [-0.1, -0.05) is 29.9 Å². The standard InChI is InChI=1S/C13H17ClN2O3S2/c1-8-6-16(7-9(2)19-8)21(17,18)12-5-10(13(15)20)3-4-11(12)14/h3-5,8-9H,6-7H2,1-2H3,(H2,15,20)/t8-,9+. The Labute approximate surface area is 135 Å². The Kier molecular flexibility index (Phi) is 4.89. The highest BCUT2D eigenvalue weighted by atomic mass is 35.5. The lowest BCUT2D eigenvalue weighted by Crippen LogP contribution is -2.48. The van der Waals surface area contributed by atoms with Crippen molar-refractivity contribution in [3.63, 3.8) is 0 Å². The van der Waals surface area contributed by atoms with Crippen LogP contribution in [0.2, 0.25) is 5.02 Å². The molecule has 0 saturated carbocycles. The molecule has 0 amide bonds. The zero-order valence-corrected chi connectivity index (χ0v) is 14.1. The summed E-state index contributed by atoms with van der Waals surface area (Å²) in [4.78, 5) is 0.155. The summed E-state index contributed by atoms with van der Waals surface area (Å²) in [5.41, 5.74) is 6.03. The molecule has 116 valence electrons. The minimum atomic E-state index is -3.71. The largest absolute Gasteiger partial charge is 0.389 e. The third-order valence-electron chi connectivity index (χ3n) is 3.22. The van der Waals surface area contributed by atoms with Crippen molar-refractivity contribution >= 4 is 38.8 Å². The average Bonchev–Trinajstić information content (AvgIpc) is 2.37. The number of morpholine rings is 1. The van der Waals surface area contributed by atoms with Gasteiger partial charge in [0.15, 0.2) is 0 Å². The predicted molar refractivity (Wildman–Crippen MR) is 86.1 cm³/mol. The van der Waals surface area contributed by atoms with E-state index in [0.29, 0.717) is 18.7 Å². The van der Waals surface area contributed by atoms with E-state index in [1.165, 1.54) is 16.4 Å². The molecule has 1 saturated heterocycles. The fourth-order valence-corrected chi connectivity index (χ4v) is 4.54. The van der Waals surface area contributed by atoms with Crippen LogP contribution in [0.15, 0.2) is 23.1 Å². The van der Waals surface area contributed by atoms with E-state index in [0.717, 1.165) is 0 Å². The van der Waals surface area contributed by atoms with Crippen molar-refractivity contribution in [3.05, 3.63) is 28.8 Å². The number of hydrogen-bond donors (Lipinski definition) is 1. The molecule has 1 fully saturated rings. The third kappa shape index (κ3) is 3.54. The lowest BCUT2D eigenvalue weighted by atomic mass is 10.2. The van der Waals surface area contributed by atoms with Crippen LogP contribution < -0.4 is 5.73 Å². The van der Waals surface area contributed by atoms with Gasteiger partial charge in [-0.2, -0.15) is 4.31 Å². The van der Waals surface area contributed by atoms with Crippen molar-refractivity contribution in [3.8, 4) is 0 Å². The number of rotatable bonds is 3. The first-order valence-corrected chi connectivity index (χ1v) is 8.69. The van der Waals surface area contributed by atoms with E-state index in [9.17, 15) is 8.42 Å². The maximum Gasteiger partial charge on any atom is 0.244 e. The van der Waals surface area contributed by atoms with Crippen molar-refractivity contribution in [2.75, 3.05) is 13.1 Å². The summed E-state index contributed by atoms with van der Waals surface area (Å²) in [6.45, 7) is 4.26. The molecule has 0 spiro atoms. The lowest BCUT2D eigenvalue weighted by Gasteiger charge is -2.34. The number of nitrogens with zero attached hydrogens (tertiary/aromatic N) is 1. The summed E-state index contributed by atoms with van der Waals surface area (Å²) < 4.78 is 32.5. The minimum Gasteiger partial charge on any atom is -0.389 e. The first-order chi connectivity index (χ1) is 9.71. The van der Waals surface area contributed by atoms with E-state index < -0.39 is 10.0 Å². The molecule has 2 N–H and O–H groups in total. The Morgan fingerprint density at radius 3 is 2.48 bits per heavy atom. The molecule has 0 bridgehead atoms. The highest BCUT2D eigenvalue weighted by molar-refractivity contribution is 7.89. The van der Waals surface area contributed by atoms with Gasteiger partial charge in [0.1, 0.15) is 9.88 Å². The molecule has 2 rings (SSSR count). The van der Waals surface area contributed by atoms with E-state index in [1.807, 2.05) is 13.8 Å². The Morgan fingerprint density at radius 1 is 1.38 bits per heavy atom. The normalized spacial score (nSPS) is 24.0. The van der Waals surface area contributed by atoms with E-state index in [4.69, 9.17) is 34.3 Å². The smallest absolute Gasteiger partial charge is 0.244 e. The predicted octanol–water partition coefficient (Wildman–Crippen LogP) is 1.77. The van der Waals surface area contributed by atoms with Crippen LogP contribution in [0.25, 0.3) is 0 Å². The van der Waals surface area contributed by atoms with Gasteiger partial charge in [0.25, 0.3) is 0 Å². The van der Waals surface area contributed by atoms with Crippen molar-refractivity contribution < 1.29 is 13.2 Å². The lowest BCUT2D eigenvalue weighted by molar-refractivity contribution is -0.0440. The second-order valence-corrected chi connectivity index (χ2v) is 7.84. The first kappa shape index (κ1) is 16.6. The van der Waals surface area contributed by atoms with Crippen LogP contribution in [0.3, 0.4) is 0 Å². The van der Waals surface area contributed by atoms with Gasteiger partial charge in [-0.15, -0.1) is 0 Å². The molecule has 2 atom stereocenters. The Bertz CT molecular complexity index is 653. The number of sulfonamides is 1. The molecule has 5 nitrogen and oxygen atoms in total. The summed E-state index contributed by atoms with van der Waals surface area (Å²) in [7, 11) is -3.71. The van der Waals surface area contributed by atoms with Crippen LogP contribution in [0.5, 0.6) is 0 Å². The van der Waals surface area contributed by atoms with Gasteiger partial charge in [-0.05, 0) is 26.0 Å². The van der Waals surface area contributed by atoms with Gasteiger partial charge < -0.3 is 10.5 Å². The third-order valence-corrected chi connectivity index (χ3v) is 5.77. The number of thiocarbonyl (C=S) groups is 1. The summed E-state index contributed by atoms with van der Waals surface area (Å²) in [6, 6.07) is 4.52. The number of hydrogen-bond acceptors (Lipinski definition) is 4. The average molecular weight is 349 g/mol. The summed E-state index contributed by atoms with van der Waals surface area (Å²) in [5.74, 6) is 0. The molecule has 0 unspecified atom stereocenters. The van der Waals surface area contributed by atoms with E-state index >= 15 is 0 Å². The maximum absolute atomic E-state index is 12.8. The minimum absolute atomic E-state index is 0.0239. The zero-order valence-electron chi connectivity index (χ0n) is 11.7. The number of benzene rings is 1. The van der Waals surface area contributed by atoms with E-state index in [-0.39, 0.29) is 27.1 Å². The summed E-state index contributed by atoms with van der Waals surface area (Å²) in [6.07, 6.45) is -0.331. The van der Waals surface area contributed by atoms with Crippen LogP contribution in [-0.2, 0) is 14.8 Å². The summed E-state index contributed by atoms with van der Waals surface area (Å²) >= 11 is 10.9. The first-order valence-electron chi connectivity index (χ1n) is 6.46. The molecule has 21 heavy (non-hydrogen) atoms. The van der Waals surface area contributed by atoms with Gasteiger partial charge in [-0.3, -0.25) is 0 Å². The molecule has 0 radical (unpaired) electrons. The highest BCUT2D eigenvalue weighted by Crippen LogP contribution is 2.28. The zero-order chi connectivity index (χ0) is 15.8. The fraction of sp³-hybridized carbons (Fsp3) is 0.462. The quantitative estimate of drug-likeness (QED) is 0.843. The van der Waals surface area contributed by atoms with Gasteiger partial charge in [-0.25, -0.2) is 8.42 Å². The van der Waals surface area contributed by atoms with E-state index in [2.05, 4.69) is 0 Å². The second-order valence-electron chi connectivity index (χ2n) is 5.09. The van der Waals surface area contributed by atoms with Gasteiger partial charge in [0.05, 0.1) is 17.2 Å². The van der Waals surface area contributed by atoms with Gasteiger partial charge in [0, 0.05) is 18.7 Å². The molecule has 1 aromatic carbocycles. The van der Waals surface area contributed by atoms with Crippen molar-refractivity contribution in [2.24, 2.45) is 5.73 Å². The number of ether oxygens (including phenoxy) is 1. The highest BCUT2D eigenvalue weighted by Gasteiger charge is 2.33. The van der Waals surface area contributed by atoms with Crippen molar-refractivity contribution in [1.82, 2.24) is 4.31 Å². The Hall–Kier alpha value is -0.730. The van der Waals surface area contributed by atoms with Crippen LogP contribution in [-0.4, -0.2) is 43.0 Å². The summed E-state index contributed by atoms with van der Waals surface area (Å²) in [5, 5.41) is 0.154. The van der Waals surface area contributed by atoms with Crippen LogP contribution in [0, 0.1) is 0 Å². The maximum atomic E-state index is 12.8. The SMILES string of the molecule is C[C@@H]1CN(S(=O)(=O)c2cc(C(N)=S)ccc2Cl)C[C@H](C)O1. The molecule has 1 aliphatic heterocycles. The molecule has 1 aliphatic rings. The molecule has 0 aromatic heterocycles. The monoisotopic (exact) mass is 348 g/mol. The molecule has 1 aromatic rings. The van der Waals surface area contributed by atoms with Crippen LogP contribution in [0.1, 0.15) is 19.4 Å². The van der Waals surface area contributed by atoms with Crippen LogP contribution >= 0.6 is 23.8 Å². The van der Waals surface area contributed by atoms with Gasteiger partial charge >= 0.3 is 0 Å². The molecule has 8 heteroatoms. The van der Waals surface area contributed by atoms with Crippen molar-refractivity contribution in [2.45, 2.75) is 31.0 Å². The van der Waals surface area contributed by atoms with Gasteiger partial charge in [0.2, 0.25) is 10.0 Å². The number of nitrogens with two attached hydrogens (primary N) is 1. The van der Waals surface area contributed by atoms with E-state index in [1.54, 1.807) is 6.07 Å². The Balaban J connectivity index is 2.44. The molecule has 1 heterocycles. The fourth-order valence-electron chi connectivity index (χ4n) is 2.32. The Morgan fingerprint density at radius 2 is 1.95 bits per heavy atom. The number of halogens is 1. The second kappa shape index (κ2) is 6.18. The molecular formula is C13H17ClN2O3S2. The topological polar surface area (TPSA) is 72.6 Å².